The molecule has 0 aromatic carbocycles. The third kappa shape index (κ3) is 2.45. The van der Waals surface area contributed by atoms with Gasteiger partial charge < -0.3 is 9.80 Å². The Kier molecular flexibility index (Phi) is 2.91. The van der Waals surface area contributed by atoms with Crippen LogP contribution in [-0.2, 0) is 4.79 Å². The maximum absolute atomic E-state index is 10.6. The number of carbonyl (C=O) groups is 1. The lowest BCUT2D eigenvalue weighted by molar-refractivity contribution is -0.119. The molecule has 2 aliphatic rings. The maximum Gasteiger partial charge on any atom is 0.209 e. The predicted octanol–water partition coefficient (Wildman–Crippen LogP) is 0.642. The first-order chi connectivity index (χ1) is 7.11. The van der Waals surface area contributed by atoms with Crippen LogP contribution in [0.5, 0.6) is 0 Å². The van der Waals surface area contributed by atoms with Gasteiger partial charge in [-0.2, -0.15) is 0 Å². The van der Waals surface area contributed by atoms with E-state index in [4.69, 9.17) is 0 Å². The molecule has 4 nitrogen and oxygen atoms in total. The molecule has 0 bridgehead atoms. The Morgan fingerprint density at radius 2 is 2.00 bits per heavy atom. The molecule has 1 amide bonds. The van der Waals surface area contributed by atoms with E-state index in [0.717, 1.165) is 44.3 Å². The van der Waals surface area contributed by atoms with E-state index in [1.807, 2.05) is 16.7 Å². The second-order valence-corrected chi connectivity index (χ2v) is 6.26. The highest BCUT2D eigenvalue weighted by Crippen LogP contribution is 2.33. The molecule has 1 fully saturated rings. The van der Waals surface area contributed by atoms with Gasteiger partial charge in [0.05, 0.1) is 6.54 Å². The molecular weight excluding hydrogens is 210 g/mol. The van der Waals surface area contributed by atoms with Gasteiger partial charge in [0.25, 0.3) is 0 Å². The highest BCUT2D eigenvalue weighted by molar-refractivity contribution is 8.15. The molecule has 0 unspecified atom stereocenters. The number of hydrogen-bond donors (Lipinski definition) is 0. The molecule has 5 heteroatoms. The largest absolute Gasteiger partial charge is 0.348 e. The lowest BCUT2D eigenvalue weighted by atomic mass is 10.2. The summed E-state index contributed by atoms with van der Waals surface area (Å²) in [5.74, 6) is 0. The number of thioether (sulfide) groups is 1. The fourth-order valence-electron chi connectivity index (χ4n) is 1.75. The Bertz CT molecular complexity index is 282. The van der Waals surface area contributed by atoms with Gasteiger partial charge in [0.1, 0.15) is 0 Å². The zero-order chi connectivity index (χ0) is 10.9. The van der Waals surface area contributed by atoms with Crippen molar-refractivity contribution in [3.63, 3.8) is 0 Å². The fraction of sp³-hybridized carbons (Fsp3) is 0.800. The maximum atomic E-state index is 10.6. The van der Waals surface area contributed by atoms with E-state index in [0.29, 0.717) is 0 Å². The van der Waals surface area contributed by atoms with Crippen LogP contribution in [-0.4, -0.2) is 58.8 Å². The average molecular weight is 227 g/mol. The first-order valence-electron chi connectivity index (χ1n) is 5.28. The molecule has 0 aromatic heterocycles. The molecule has 2 rings (SSSR count). The molecular formula is C10H17N3OS. The summed E-state index contributed by atoms with van der Waals surface area (Å²) in [6.07, 6.45) is 0.935. The number of nitrogens with zero attached hydrogens (tertiary/aromatic N) is 3. The second-order valence-electron chi connectivity index (χ2n) is 4.59. The van der Waals surface area contributed by atoms with Crippen LogP contribution < -0.4 is 0 Å². The van der Waals surface area contributed by atoms with Crippen molar-refractivity contribution in [3.8, 4) is 0 Å². The molecule has 2 aliphatic heterocycles. The number of amidine groups is 1. The van der Waals surface area contributed by atoms with E-state index in [9.17, 15) is 4.79 Å². The van der Waals surface area contributed by atoms with Crippen molar-refractivity contribution in [2.45, 2.75) is 18.6 Å². The van der Waals surface area contributed by atoms with Gasteiger partial charge >= 0.3 is 0 Å². The monoisotopic (exact) mass is 227 g/mol. The van der Waals surface area contributed by atoms with Crippen molar-refractivity contribution < 1.29 is 4.79 Å². The summed E-state index contributed by atoms with van der Waals surface area (Å²) >= 11 is 1.85. The number of amides is 1. The molecule has 84 valence electrons. The van der Waals surface area contributed by atoms with Gasteiger partial charge in [-0.25, -0.2) is 0 Å². The SMILES string of the molecule is CC1(C)CN=C(N2CCN(C=O)CC2)S1. The van der Waals surface area contributed by atoms with E-state index in [2.05, 4.69) is 23.7 Å². The van der Waals surface area contributed by atoms with Crippen molar-refractivity contribution >= 4 is 23.3 Å². The minimum Gasteiger partial charge on any atom is -0.348 e. The Morgan fingerprint density at radius 3 is 2.47 bits per heavy atom. The van der Waals surface area contributed by atoms with Crippen LogP contribution in [0.4, 0.5) is 0 Å². The van der Waals surface area contributed by atoms with Gasteiger partial charge in [0, 0.05) is 30.9 Å². The highest BCUT2D eigenvalue weighted by atomic mass is 32.2. The van der Waals surface area contributed by atoms with E-state index in [1.54, 1.807) is 0 Å². The minimum atomic E-state index is 0.247. The normalized spacial score (nSPS) is 25.3. The van der Waals surface area contributed by atoms with Gasteiger partial charge in [-0.3, -0.25) is 9.79 Å². The number of carbonyl (C=O) groups excluding carboxylic acids is 1. The Balaban J connectivity index is 1.89. The smallest absolute Gasteiger partial charge is 0.209 e. The van der Waals surface area contributed by atoms with Crippen LogP contribution in [0.25, 0.3) is 0 Å². The summed E-state index contributed by atoms with van der Waals surface area (Å²) < 4.78 is 0.247. The molecule has 2 heterocycles. The summed E-state index contributed by atoms with van der Waals surface area (Å²) in [5, 5.41) is 1.16. The van der Waals surface area contributed by atoms with Gasteiger partial charge in [-0.1, -0.05) is 11.8 Å². The van der Waals surface area contributed by atoms with Gasteiger partial charge in [0.2, 0.25) is 6.41 Å². The van der Waals surface area contributed by atoms with Crippen molar-refractivity contribution in [1.29, 1.82) is 0 Å². The van der Waals surface area contributed by atoms with Gasteiger partial charge in [-0.15, -0.1) is 0 Å². The van der Waals surface area contributed by atoms with E-state index < -0.39 is 0 Å². The quantitative estimate of drug-likeness (QED) is 0.617. The van der Waals surface area contributed by atoms with Crippen LogP contribution >= 0.6 is 11.8 Å². The highest BCUT2D eigenvalue weighted by Gasteiger charge is 2.31. The first-order valence-corrected chi connectivity index (χ1v) is 6.10. The molecule has 15 heavy (non-hydrogen) atoms. The van der Waals surface area contributed by atoms with Crippen molar-refractivity contribution in [2.75, 3.05) is 32.7 Å². The molecule has 0 radical (unpaired) electrons. The summed E-state index contributed by atoms with van der Waals surface area (Å²) in [6.45, 7) is 8.82. The van der Waals surface area contributed by atoms with Crippen LogP contribution in [0.2, 0.25) is 0 Å². The number of hydrogen-bond acceptors (Lipinski definition) is 4. The molecule has 0 aromatic rings. The molecule has 0 atom stereocenters. The lowest BCUT2D eigenvalue weighted by Gasteiger charge is -2.34. The van der Waals surface area contributed by atoms with E-state index >= 15 is 0 Å². The topological polar surface area (TPSA) is 35.9 Å². The van der Waals surface area contributed by atoms with Gasteiger partial charge in [0.15, 0.2) is 5.17 Å². The zero-order valence-electron chi connectivity index (χ0n) is 9.27. The third-order valence-corrected chi connectivity index (χ3v) is 3.95. The third-order valence-electron chi connectivity index (χ3n) is 2.70. The summed E-state index contributed by atoms with van der Waals surface area (Å²) in [4.78, 5) is 19.2. The van der Waals surface area contributed by atoms with E-state index in [-0.39, 0.29) is 4.75 Å². The first kappa shape index (κ1) is 10.8. The van der Waals surface area contributed by atoms with Gasteiger partial charge in [-0.05, 0) is 13.8 Å². The molecule has 0 aliphatic carbocycles. The minimum absolute atomic E-state index is 0.247. The summed E-state index contributed by atoms with van der Waals surface area (Å²) in [7, 11) is 0. The van der Waals surface area contributed by atoms with Crippen molar-refractivity contribution in [3.05, 3.63) is 0 Å². The summed E-state index contributed by atoms with van der Waals surface area (Å²) in [6, 6.07) is 0. The van der Waals surface area contributed by atoms with Crippen LogP contribution in [0.15, 0.2) is 4.99 Å². The standard InChI is InChI=1S/C10H17N3OS/c1-10(2)7-11-9(15-10)13-5-3-12(8-14)4-6-13/h8H,3-7H2,1-2H3. The number of rotatable bonds is 1. The molecule has 0 saturated carbocycles. The molecule has 0 N–H and O–H groups in total. The lowest BCUT2D eigenvalue weighted by Crippen LogP contribution is -2.47. The number of aliphatic imine (C=N–C) groups is 1. The molecule has 1 saturated heterocycles. The van der Waals surface area contributed by atoms with E-state index in [1.165, 1.54) is 0 Å². The second kappa shape index (κ2) is 4.04. The number of piperazine rings is 1. The fourth-order valence-corrected chi connectivity index (χ4v) is 2.82. The van der Waals surface area contributed by atoms with Crippen LogP contribution in [0.3, 0.4) is 0 Å². The predicted molar refractivity (Wildman–Crippen MR) is 63.2 cm³/mol. The van der Waals surface area contributed by atoms with Crippen molar-refractivity contribution in [2.24, 2.45) is 4.99 Å². The molecule has 0 spiro atoms. The zero-order valence-corrected chi connectivity index (χ0v) is 10.1. The Morgan fingerprint density at radius 1 is 1.33 bits per heavy atom. The summed E-state index contributed by atoms with van der Waals surface area (Å²) in [5.41, 5.74) is 0. The average Bonchev–Trinajstić information content (AvgIpc) is 2.59. The van der Waals surface area contributed by atoms with Crippen LogP contribution in [0.1, 0.15) is 13.8 Å². The van der Waals surface area contributed by atoms with Crippen molar-refractivity contribution in [1.82, 2.24) is 9.80 Å². The Hall–Kier alpha value is -0.710. The Labute approximate surface area is 94.7 Å². The van der Waals surface area contributed by atoms with Crippen LogP contribution in [0, 0.1) is 0 Å².